The van der Waals surface area contributed by atoms with E-state index in [0.29, 0.717) is 12.0 Å². The van der Waals surface area contributed by atoms with Crippen LogP contribution in [-0.2, 0) is 6.42 Å². The van der Waals surface area contributed by atoms with Crippen molar-refractivity contribution in [3.8, 4) is 5.75 Å². The van der Waals surface area contributed by atoms with Crippen molar-refractivity contribution in [1.29, 1.82) is 0 Å². The lowest BCUT2D eigenvalue weighted by Gasteiger charge is -2.19. The van der Waals surface area contributed by atoms with Crippen LogP contribution in [0.3, 0.4) is 0 Å². The number of benzene rings is 1. The normalized spacial score (nSPS) is 12.7. The summed E-state index contributed by atoms with van der Waals surface area (Å²) in [6, 6.07) is 1.90. The number of rotatable bonds is 6. The van der Waals surface area contributed by atoms with Gasteiger partial charge in [0.25, 0.3) is 0 Å². The van der Waals surface area contributed by atoms with E-state index in [-0.39, 0.29) is 22.6 Å². The number of aromatic hydroxyl groups is 1. The first kappa shape index (κ1) is 18.7. The molecule has 3 nitrogen and oxygen atoms in total. The highest BCUT2D eigenvalue weighted by Crippen LogP contribution is 2.38. The molecule has 0 fully saturated rings. The molecule has 0 aliphatic rings. The van der Waals surface area contributed by atoms with Crippen molar-refractivity contribution in [1.82, 2.24) is 0 Å². The molecule has 1 rings (SSSR count). The van der Waals surface area contributed by atoms with E-state index in [1.807, 2.05) is 19.9 Å². The maximum absolute atomic E-state index is 10.7. The lowest BCUT2D eigenvalue weighted by Crippen LogP contribution is -2.02. The first-order valence-electron chi connectivity index (χ1n) is 7.51. The molecule has 0 saturated carbocycles. The third kappa shape index (κ3) is 3.70. The molecule has 1 aromatic rings. The van der Waals surface area contributed by atoms with Gasteiger partial charge in [-0.2, -0.15) is 0 Å². The molecular weight excluding hydrogens is 287 g/mol. The highest BCUT2D eigenvalue weighted by atomic mass is 16.3. The summed E-state index contributed by atoms with van der Waals surface area (Å²) in [4.78, 5) is 0. The second-order valence-electron chi connectivity index (χ2n) is 5.35. The second-order valence-corrected chi connectivity index (χ2v) is 5.35. The van der Waals surface area contributed by atoms with Gasteiger partial charge >= 0.3 is 0 Å². The average molecular weight is 310 g/mol. The van der Waals surface area contributed by atoms with Gasteiger partial charge in [-0.3, -0.25) is 0 Å². The van der Waals surface area contributed by atoms with E-state index in [4.69, 9.17) is 7.85 Å². The summed E-state index contributed by atoms with van der Waals surface area (Å²) in [6.45, 7) is 13.1. The van der Waals surface area contributed by atoms with Crippen molar-refractivity contribution in [2.45, 2.75) is 33.6 Å². The largest absolute Gasteiger partial charge is 0.507 e. The molecule has 0 spiro atoms. The molecule has 0 aliphatic carbocycles. The van der Waals surface area contributed by atoms with Gasteiger partial charge in [0, 0.05) is 11.1 Å². The summed E-state index contributed by atoms with van der Waals surface area (Å²) < 4.78 is 0. The van der Waals surface area contributed by atoms with Crippen molar-refractivity contribution in [2.24, 2.45) is 0 Å². The van der Waals surface area contributed by atoms with Crippen LogP contribution in [0.4, 0.5) is 0 Å². The van der Waals surface area contributed by atoms with Gasteiger partial charge in [0.2, 0.25) is 0 Å². The zero-order chi connectivity index (χ0) is 17.7. The third-order valence-electron chi connectivity index (χ3n) is 3.76. The van der Waals surface area contributed by atoms with Gasteiger partial charge in [0.05, 0.1) is 0 Å². The Morgan fingerprint density at radius 1 is 1.35 bits per heavy atom. The summed E-state index contributed by atoms with van der Waals surface area (Å²) in [6.07, 6.45) is 4.57. The lowest BCUT2D eigenvalue weighted by atomic mass is 9.80. The minimum atomic E-state index is -0.457. The van der Waals surface area contributed by atoms with Crippen molar-refractivity contribution in [3.63, 3.8) is 0 Å². The molecule has 0 atom stereocenters. The minimum absolute atomic E-state index is 0.0761. The molecule has 0 aromatic heterocycles. The van der Waals surface area contributed by atoms with Gasteiger partial charge in [-0.1, -0.05) is 38.6 Å². The fourth-order valence-corrected chi connectivity index (χ4v) is 2.49. The van der Waals surface area contributed by atoms with Crippen LogP contribution in [0.15, 0.2) is 42.3 Å². The van der Waals surface area contributed by atoms with Crippen LogP contribution in [0.2, 0.25) is 0 Å². The number of hydrogen-bond acceptors (Lipinski definition) is 3. The molecule has 3 N–H and O–H groups in total. The topological polar surface area (TPSA) is 60.7 Å². The molecule has 0 heterocycles. The van der Waals surface area contributed by atoms with Crippen molar-refractivity contribution in [2.75, 3.05) is 0 Å². The minimum Gasteiger partial charge on any atom is -0.507 e. The number of aryl methyl sites for hydroxylation is 1. The first-order valence-corrected chi connectivity index (χ1v) is 7.51. The highest BCUT2D eigenvalue weighted by Gasteiger charge is 2.18. The average Bonchev–Trinajstić information content (AvgIpc) is 2.54. The Morgan fingerprint density at radius 3 is 2.43 bits per heavy atom. The fraction of sp³-hybridized carbons (Fsp3) is 0.263. The smallest absolute Gasteiger partial charge is 0.152 e. The van der Waals surface area contributed by atoms with Crippen molar-refractivity contribution < 1.29 is 15.3 Å². The number of aliphatic hydroxyl groups is 2. The Bertz CT molecular complexity index is 697. The summed E-state index contributed by atoms with van der Waals surface area (Å²) in [7, 11) is 5.90. The summed E-state index contributed by atoms with van der Waals surface area (Å²) in [5, 5.41) is 30.2. The number of phenolic OH excluding ortho intramolecular Hbond substituents is 1. The molecule has 1 aromatic carbocycles. The van der Waals surface area contributed by atoms with E-state index < -0.39 is 5.76 Å². The molecule has 120 valence electrons. The van der Waals surface area contributed by atoms with Crippen LogP contribution >= 0.6 is 0 Å². The number of phenols is 1. The van der Waals surface area contributed by atoms with Gasteiger partial charge in [0.1, 0.15) is 19.4 Å². The molecule has 0 aliphatic heterocycles. The Kier molecular flexibility index (Phi) is 6.32. The van der Waals surface area contributed by atoms with Crippen LogP contribution in [-0.4, -0.2) is 23.2 Å². The molecule has 0 amide bonds. The highest BCUT2D eigenvalue weighted by molar-refractivity contribution is 6.31. The van der Waals surface area contributed by atoms with E-state index in [2.05, 4.69) is 13.2 Å². The molecule has 0 saturated heterocycles. The monoisotopic (exact) mass is 310 g/mol. The van der Waals surface area contributed by atoms with Crippen LogP contribution in [0.1, 0.15) is 42.5 Å². The van der Waals surface area contributed by atoms with E-state index >= 15 is 0 Å². The molecule has 4 heteroatoms. The Hall–Kier alpha value is -2.36. The van der Waals surface area contributed by atoms with E-state index in [0.717, 1.165) is 23.1 Å². The fourth-order valence-electron chi connectivity index (χ4n) is 2.49. The summed E-state index contributed by atoms with van der Waals surface area (Å²) >= 11 is 0. The standard InChI is InChI=1S/C19H23BO3/c1-6-9-14-13(7-2)10-11(4)16(18(14)22)12(5)17(20)19(23)15(21)8-3/h7-8,10,21-23H,2,5-6,9H2,1,3-4H3/b15-8+,19-17-. The number of aliphatic hydroxyl groups excluding tert-OH is 2. The Morgan fingerprint density at radius 2 is 1.96 bits per heavy atom. The van der Waals surface area contributed by atoms with Crippen molar-refractivity contribution >= 4 is 19.5 Å². The zero-order valence-electron chi connectivity index (χ0n) is 14.0. The molecular formula is C19H23BO3. The predicted octanol–water partition coefficient (Wildman–Crippen LogP) is 4.71. The second kappa shape index (κ2) is 7.77. The Balaban J connectivity index is 3.58. The van der Waals surface area contributed by atoms with Crippen molar-refractivity contribution in [3.05, 3.63) is 64.5 Å². The summed E-state index contributed by atoms with van der Waals surface area (Å²) in [5.74, 6) is -0.708. The van der Waals surface area contributed by atoms with Crippen LogP contribution in [0.5, 0.6) is 5.75 Å². The maximum atomic E-state index is 10.7. The maximum Gasteiger partial charge on any atom is 0.152 e. The SMILES string of the molecule is [B]/C(C(=C)c1c(C)cc(C=C)c(CCC)c1O)=C(O)/C(O)=C\C. The van der Waals surface area contributed by atoms with Crippen LogP contribution in [0, 0.1) is 6.92 Å². The van der Waals surface area contributed by atoms with E-state index in [9.17, 15) is 15.3 Å². The quantitative estimate of drug-likeness (QED) is 0.405. The Labute approximate surface area is 139 Å². The van der Waals surface area contributed by atoms with E-state index in [1.165, 1.54) is 6.08 Å². The van der Waals surface area contributed by atoms with E-state index in [1.54, 1.807) is 13.0 Å². The van der Waals surface area contributed by atoms with Gasteiger partial charge in [0.15, 0.2) is 5.76 Å². The molecule has 23 heavy (non-hydrogen) atoms. The van der Waals surface area contributed by atoms with Gasteiger partial charge in [-0.15, -0.1) is 0 Å². The lowest BCUT2D eigenvalue weighted by molar-refractivity contribution is 0.325. The third-order valence-corrected chi connectivity index (χ3v) is 3.76. The van der Waals surface area contributed by atoms with Gasteiger partial charge in [-0.05, 0) is 48.5 Å². The summed E-state index contributed by atoms with van der Waals surface area (Å²) in [5.41, 5.74) is 3.05. The molecule has 2 radical (unpaired) electrons. The number of allylic oxidation sites excluding steroid dienone is 3. The van der Waals surface area contributed by atoms with Gasteiger partial charge in [-0.25, -0.2) is 0 Å². The molecule has 0 bridgehead atoms. The number of hydrogen-bond donors (Lipinski definition) is 3. The van der Waals surface area contributed by atoms with Crippen LogP contribution in [0.25, 0.3) is 11.6 Å². The van der Waals surface area contributed by atoms with Crippen LogP contribution < -0.4 is 0 Å². The zero-order valence-corrected chi connectivity index (χ0v) is 14.0. The molecule has 0 unspecified atom stereocenters. The van der Waals surface area contributed by atoms with Gasteiger partial charge < -0.3 is 15.3 Å². The first-order chi connectivity index (χ1) is 10.8. The predicted molar refractivity (Wildman–Crippen MR) is 97.8 cm³/mol.